The topological polar surface area (TPSA) is 103 Å². The van der Waals surface area contributed by atoms with Gasteiger partial charge in [-0.2, -0.15) is 5.10 Å². The molecule has 188 valence electrons. The lowest BCUT2D eigenvalue weighted by Crippen LogP contribution is -2.15. The predicted octanol–water partition coefficient (Wildman–Crippen LogP) is 5.58. The Balaban J connectivity index is 1.44. The smallest absolute Gasteiger partial charge is 0.258 e. The highest BCUT2D eigenvalue weighted by atomic mass is 35.5. The zero-order valence-corrected chi connectivity index (χ0v) is 20.6. The van der Waals surface area contributed by atoms with Crippen LogP contribution in [-0.4, -0.2) is 36.4 Å². The van der Waals surface area contributed by atoms with Gasteiger partial charge in [0.2, 0.25) is 0 Å². The highest BCUT2D eigenvalue weighted by molar-refractivity contribution is 6.34. The van der Waals surface area contributed by atoms with Crippen molar-refractivity contribution in [2.75, 3.05) is 5.32 Å². The first-order valence-electron chi connectivity index (χ1n) is 11.6. The molecular weight excluding hydrogens is 507 g/mol. The minimum absolute atomic E-state index is 0.101. The van der Waals surface area contributed by atoms with Crippen molar-refractivity contribution in [2.24, 2.45) is 0 Å². The molecule has 0 aliphatic carbocycles. The minimum Gasteiger partial charge on any atom is -0.306 e. The first-order valence-corrected chi connectivity index (χ1v) is 12.0. The second-order valence-electron chi connectivity index (χ2n) is 8.31. The Morgan fingerprint density at radius 3 is 2.53 bits per heavy atom. The van der Waals surface area contributed by atoms with E-state index in [9.17, 15) is 14.0 Å². The Kier molecular flexibility index (Phi) is 7.28. The summed E-state index contributed by atoms with van der Waals surface area (Å²) in [6.07, 6.45) is 6.85. The van der Waals surface area contributed by atoms with Gasteiger partial charge in [0.05, 0.1) is 16.3 Å². The van der Waals surface area contributed by atoms with Crippen LogP contribution in [-0.2, 0) is 6.42 Å². The Morgan fingerprint density at radius 1 is 0.974 bits per heavy atom. The Hall–Kier alpha value is -4.76. The van der Waals surface area contributed by atoms with Crippen LogP contribution in [0.2, 0.25) is 5.02 Å². The average molecular weight is 527 g/mol. The molecule has 0 aliphatic rings. The van der Waals surface area contributed by atoms with Crippen molar-refractivity contribution in [2.45, 2.75) is 12.8 Å². The van der Waals surface area contributed by atoms with Crippen molar-refractivity contribution >= 4 is 29.1 Å². The Bertz CT molecular complexity index is 1610. The number of carbonyl (C=O) groups is 2. The zero-order chi connectivity index (χ0) is 26.5. The van der Waals surface area contributed by atoms with Gasteiger partial charge >= 0.3 is 0 Å². The van der Waals surface area contributed by atoms with Gasteiger partial charge in [-0.15, -0.1) is 0 Å². The Labute approximate surface area is 222 Å². The number of rotatable bonds is 8. The quantitative estimate of drug-likeness (QED) is 0.265. The zero-order valence-electron chi connectivity index (χ0n) is 19.9. The molecule has 1 N–H and O–H groups in total. The van der Waals surface area contributed by atoms with Gasteiger partial charge in [-0.05, 0) is 48.4 Å². The maximum absolute atomic E-state index is 14.3. The molecule has 0 saturated heterocycles. The number of nitrogens with zero attached hydrogens (tertiary/aromatic N) is 5. The third kappa shape index (κ3) is 5.47. The van der Waals surface area contributed by atoms with E-state index in [1.807, 2.05) is 18.2 Å². The summed E-state index contributed by atoms with van der Waals surface area (Å²) in [7, 11) is 0. The number of benzene rings is 2. The van der Waals surface area contributed by atoms with E-state index in [1.165, 1.54) is 47.5 Å². The number of Topliss-reactive ketones (excluding diaryl/α,β-unsaturated/α-hetero) is 1. The second kappa shape index (κ2) is 11.1. The molecule has 5 aromatic rings. The van der Waals surface area contributed by atoms with Gasteiger partial charge in [0.1, 0.15) is 29.4 Å². The second-order valence-corrected chi connectivity index (χ2v) is 8.72. The summed E-state index contributed by atoms with van der Waals surface area (Å²) in [4.78, 5) is 38.3. The van der Waals surface area contributed by atoms with Crippen LogP contribution in [0.4, 0.5) is 10.2 Å². The molecule has 2 aromatic carbocycles. The number of ketones is 1. The number of aromatic nitrogens is 5. The largest absolute Gasteiger partial charge is 0.306 e. The number of para-hydroxylation sites is 1. The normalized spacial score (nSPS) is 10.8. The molecule has 0 fully saturated rings. The minimum atomic E-state index is -0.550. The highest BCUT2D eigenvalue weighted by Gasteiger charge is 2.20. The molecule has 5 rings (SSSR count). The monoisotopic (exact) mass is 526 g/mol. The average Bonchev–Trinajstić information content (AvgIpc) is 3.37. The summed E-state index contributed by atoms with van der Waals surface area (Å²) in [5, 5.41) is 7.44. The fourth-order valence-corrected chi connectivity index (χ4v) is 4.05. The van der Waals surface area contributed by atoms with Crippen molar-refractivity contribution < 1.29 is 14.0 Å². The van der Waals surface area contributed by atoms with Crippen molar-refractivity contribution in [3.8, 4) is 16.9 Å². The molecule has 10 heteroatoms. The van der Waals surface area contributed by atoms with E-state index < -0.39 is 11.7 Å². The number of hydrogen-bond acceptors (Lipinski definition) is 6. The molecule has 38 heavy (non-hydrogen) atoms. The highest BCUT2D eigenvalue weighted by Crippen LogP contribution is 2.27. The summed E-state index contributed by atoms with van der Waals surface area (Å²) in [5.41, 5.74) is 2.28. The fraction of sp³-hybridized carbons (Fsp3) is 0.0714. The van der Waals surface area contributed by atoms with Crippen LogP contribution >= 0.6 is 11.6 Å². The number of nitrogens with one attached hydrogen (secondary N) is 1. The number of amides is 1. The van der Waals surface area contributed by atoms with E-state index in [0.717, 1.165) is 5.56 Å². The fourth-order valence-electron chi connectivity index (χ4n) is 3.85. The van der Waals surface area contributed by atoms with Crippen LogP contribution in [0.25, 0.3) is 16.9 Å². The molecule has 3 heterocycles. The third-order valence-corrected chi connectivity index (χ3v) is 6.06. The van der Waals surface area contributed by atoms with Crippen molar-refractivity contribution in [1.82, 2.24) is 24.7 Å². The third-order valence-electron chi connectivity index (χ3n) is 5.74. The van der Waals surface area contributed by atoms with E-state index >= 15 is 0 Å². The van der Waals surface area contributed by atoms with Crippen LogP contribution in [0.3, 0.4) is 0 Å². The maximum Gasteiger partial charge on any atom is 0.258 e. The Morgan fingerprint density at radius 2 is 1.76 bits per heavy atom. The van der Waals surface area contributed by atoms with E-state index in [-0.39, 0.29) is 40.0 Å². The van der Waals surface area contributed by atoms with Crippen LogP contribution in [0.15, 0.2) is 91.6 Å². The number of hydrogen-bond donors (Lipinski definition) is 1. The molecule has 0 bridgehead atoms. The van der Waals surface area contributed by atoms with Gasteiger partial charge in [-0.1, -0.05) is 35.9 Å². The van der Waals surface area contributed by atoms with Crippen molar-refractivity contribution in [3.05, 3.63) is 119 Å². The molecule has 1 amide bonds. The van der Waals surface area contributed by atoms with Crippen LogP contribution in [0.1, 0.15) is 32.8 Å². The number of anilines is 1. The van der Waals surface area contributed by atoms with Gasteiger partial charge in [-0.25, -0.2) is 19.0 Å². The molecule has 0 saturated carbocycles. The van der Waals surface area contributed by atoms with Crippen molar-refractivity contribution in [3.63, 3.8) is 0 Å². The number of aryl methyl sites for hydroxylation is 1. The van der Waals surface area contributed by atoms with Crippen LogP contribution in [0.5, 0.6) is 0 Å². The maximum atomic E-state index is 14.3. The summed E-state index contributed by atoms with van der Waals surface area (Å²) in [6, 6.07) is 18.0. The van der Waals surface area contributed by atoms with E-state index in [4.69, 9.17) is 11.6 Å². The van der Waals surface area contributed by atoms with Crippen LogP contribution < -0.4 is 5.32 Å². The first-order chi connectivity index (χ1) is 18.5. The van der Waals surface area contributed by atoms with Gasteiger partial charge < -0.3 is 5.32 Å². The van der Waals surface area contributed by atoms with Gasteiger partial charge in [0.25, 0.3) is 5.91 Å². The molecule has 3 aromatic heterocycles. The summed E-state index contributed by atoms with van der Waals surface area (Å²) in [6.45, 7) is 0. The lowest BCUT2D eigenvalue weighted by Gasteiger charge is -2.11. The lowest BCUT2D eigenvalue weighted by molar-refractivity contribution is 0.0976. The van der Waals surface area contributed by atoms with Gasteiger partial charge in [0, 0.05) is 36.6 Å². The van der Waals surface area contributed by atoms with E-state index in [2.05, 4.69) is 25.4 Å². The van der Waals surface area contributed by atoms with Crippen molar-refractivity contribution in [1.29, 1.82) is 0 Å². The van der Waals surface area contributed by atoms with E-state index in [0.29, 0.717) is 17.7 Å². The molecule has 0 spiro atoms. The molecule has 0 aliphatic heterocycles. The molecule has 8 nitrogen and oxygen atoms in total. The van der Waals surface area contributed by atoms with Gasteiger partial charge in [-0.3, -0.25) is 14.6 Å². The SMILES string of the molecule is O=C(CCc1cncnc1)c1cc(NC(=O)c2cc(-c3ncccc3F)ccc2Cl)n(-c2ccccc2)n1. The molecule has 0 atom stereocenters. The number of halogens is 2. The molecule has 0 unspecified atom stereocenters. The molecule has 0 radical (unpaired) electrons. The summed E-state index contributed by atoms with van der Waals surface area (Å²) < 4.78 is 15.8. The summed E-state index contributed by atoms with van der Waals surface area (Å²) >= 11 is 6.33. The number of carbonyl (C=O) groups excluding carboxylic acids is 2. The first kappa shape index (κ1) is 24.9. The number of pyridine rings is 1. The van der Waals surface area contributed by atoms with Crippen LogP contribution in [0, 0.1) is 5.82 Å². The molecular formula is C28H20ClFN6O2. The predicted molar refractivity (Wildman–Crippen MR) is 141 cm³/mol. The van der Waals surface area contributed by atoms with Gasteiger partial charge in [0.15, 0.2) is 5.78 Å². The lowest BCUT2D eigenvalue weighted by atomic mass is 10.1. The standard InChI is InChI=1S/C28H20ClFN6O2/c29-22-10-9-19(27-23(30)7-4-12-33-27)13-21(22)28(38)34-26-14-24(35-36(26)20-5-2-1-3-6-20)25(37)11-8-18-15-31-17-32-16-18/h1-7,9-10,12-17H,8,11H2,(H,34,38). The van der Waals surface area contributed by atoms with E-state index in [1.54, 1.807) is 30.6 Å². The summed E-state index contributed by atoms with van der Waals surface area (Å²) in [5.74, 6) is -0.998.